The van der Waals surface area contributed by atoms with Crippen molar-refractivity contribution in [2.75, 3.05) is 26.2 Å². The van der Waals surface area contributed by atoms with Gasteiger partial charge in [-0.25, -0.2) is 17.2 Å². The highest BCUT2D eigenvalue weighted by molar-refractivity contribution is 7.89. The van der Waals surface area contributed by atoms with Crippen LogP contribution in [0.3, 0.4) is 0 Å². The van der Waals surface area contributed by atoms with Crippen LogP contribution in [0.5, 0.6) is 0 Å². The van der Waals surface area contributed by atoms with E-state index < -0.39 is 26.6 Å². The minimum atomic E-state index is -3.94. The average Bonchev–Trinajstić information content (AvgIpc) is 2.61. The fourth-order valence-corrected chi connectivity index (χ4v) is 4.73. The summed E-state index contributed by atoms with van der Waals surface area (Å²) in [5.74, 6) is -1.84. The Kier molecular flexibility index (Phi) is 5.17. The monoisotopic (exact) mass is 367 g/mol. The second kappa shape index (κ2) is 7.19. The van der Waals surface area contributed by atoms with Crippen LogP contribution in [0.25, 0.3) is 0 Å². The predicted molar refractivity (Wildman–Crippen MR) is 90.7 cm³/mol. The highest BCUT2D eigenvalue weighted by Crippen LogP contribution is 2.20. The Labute approximate surface area is 146 Å². The molecule has 0 unspecified atom stereocenters. The molecule has 25 heavy (non-hydrogen) atoms. The Morgan fingerprint density at radius 2 is 1.68 bits per heavy atom. The maximum Gasteiger partial charge on any atom is 0.246 e. The standard InChI is InChI=1S/C18H20F2N2O2S/c1-14(15-5-3-2-4-6-15)21-9-11-22(12-10-21)25(23,24)18-8-7-16(19)13-17(18)20/h2-8,13-14H,9-12H2,1H3/p+1/t14-/m0/s1. The summed E-state index contributed by atoms with van der Waals surface area (Å²) in [7, 11) is -3.94. The Bertz CT molecular complexity index is 835. The van der Waals surface area contributed by atoms with E-state index in [2.05, 4.69) is 19.1 Å². The number of piperazine rings is 1. The van der Waals surface area contributed by atoms with Gasteiger partial charge in [0, 0.05) is 11.6 Å². The molecule has 2 aromatic rings. The number of quaternary nitrogens is 1. The molecule has 0 spiro atoms. The molecule has 1 atom stereocenters. The molecule has 0 amide bonds. The van der Waals surface area contributed by atoms with Crippen LogP contribution in [-0.4, -0.2) is 38.9 Å². The van der Waals surface area contributed by atoms with Crippen molar-refractivity contribution in [3.05, 3.63) is 65.7 Å². The van der Waals surface area contributed by atoms with Crippen LogP contribution in [0, 0.1) is 11.6 Å². The van der Waals surface area contributed by atoms with E-state index in [0.29, 0.717) is 32.2 Å². The maximum absolute atomic E-state index is 13.9. The van der Waals surface area contributed by atoms with E-state index in [0.717, 1.165) is 12.1 Å². The summed E-state index contributed by atoms with van der Waals surface area (Å²) in [5.41, 5.74) is 1.21. The summed E-state index contributed by atoms with van der Waals surface area (Å²) in [6, 6.07) is 12.9. The molecule has 0 radical (unpaired) electrons. The lowest BCUT2D eigenvalue weighted by Crippen LogP contribution is -3.14. The predicted octanol–water partition coefficient (Wildman–Crippen LogP) is 1.62. The number of hydrogen-bond donors (Lipinski definition) is 1. The SMILES string of the molecule is C[C@@H](c1ccccc1)[NH+]1CCN(S(=O)(=O)c2ccc(F)cc2F)CC1. The molecule has 1 N–H and O–H groups in total. The second-order valence-electron chi connectivity index (χ2n) is 6.27. The Balaban J connectivity index is 1.71. The number of nitrogens with zero attached hydrogens (tertiary/aromatic N) is 1. The summed E-state index contributed by atoms with van der Waals surface area (Å²) in [4.78, 5) is 0.825. The molecule has 4 nitrogen and oxygen atoms in total. The molecule has 1 fully saturated rings. The van der Waals surface area contributed by atoms with Crippen LogP contribution in [-0.2, 0) is 10.0 Å². The van der Waals surface area contributed by atoms with Gasteiger partial charge >= 0.3 is 0 Å². The van der Waals surface area contributed by atoms with Crippen molar-refractivity contribution in [2.24, 2.45) is 0 Å². The summed E-state index contributed by atoms with van der Waals surface area (Å²) in [6.45, 7) is 4.02. The van der Waals surface area contributed by atoms with Gasteiger partial charge in [-0.2, -0.15) is 4.31 Å². The van der Waals surface area contributed by atoms with Crippen molar-refractivity contribution in [1.82, 2.24) is 4.31 Å². The van der Waals surface area contributed by atoms with Crippen LogP contribution in [0.2, 0.25) is 0 Å². The molecule has 0 aliphatic carbocycles. The molecule has 1 aliphatic rings. The van der Waals surface area contributed by atoms with Gasteiger partial charge in [0.2, 0.25) is 10.0 Å². The summed E-state index contributed by atoms with van der Waals surface area (Å²) >= 11 is 0. The number of nitrogens with one attached hydrogen (secondary N) is 1. The van der Waals surface area contributed by atoms with E-state index >= 15 is 0 Å². The molecular weight excluding hydrogens is 346 g/mol. The van der Waals surface area contributed by atoms with E-state index in [1.165, 1.54) is 14.8 Å². The first-order valence-corrected chi connectivity index (χ1v) is 9.68. The van der Waals surface area contributed by atoms with Crippen molar-refractivity contribution >= 4 is 10.0 Å². The minimum absolute atomic E-state index is 0.258. The number of rotatable bonds is 4. The van der Waals surface area contributed by atoms with E-state index in [9.17, 15) is 17.2 Å². The van der Waals surface area contributed by atoms with E-state index in [1.807, 2.05) is 18.2 Å². The Hall–Kier alpha value is -1.83. The van der Waals surface area contributed by atoms with Gasteiger partial charge in [0.05, 0.1) is 26.2 Å². The quantitative estimate of drug-likeness (QED) is 0.892. The third-order valence-corrected chi connectivity index (χ3v) is 6.72. The number of sulfonamides is 1. The van der Waals surface area contributed by atoms with Crippen molar-refractivity contribution < 1.29 is 22.1 Å². The molecule has 2 aromatic carbocycles. The molecule has 7 heteroatoms. The summed E-state index contributed by atoms with van der Waals surface area (Å²) in [6.07, 6.45) is 0. The van der Waals surface area contributed by atoms with Crippen molar-refractivity contribution in [2.45, 2.75) is 17.9 Å². The first kappa shape index (κ1) is 18.0. The Morgan fingerprint density at radius 1 is 1.04 bits per heavy atom. The lowest BCUT2D eigenvalue weighted by molar-refractivity contribution is -0.933. The van der Waals surface area contributed by atoms with Crippen molar-refractivity contribution in [3.63, 3.8) is 0 Å². The van der Waals surface area contributed by atoms with Crippen LogP contribution in [0.4, 0.5) is 8.78 Å². The molecule has 3 rings (SSSR count). The highest BCUT2D eigenvalue weighted by Gasteiger charge is 2.34. The fourth-order valence-electron chi connectivity index (χ4n) is 3.25. The molecule has 0 bridgehead atoms. The molecule has 1 heterocycles. The highest BCUT2D eigenvalue weighted by atomic mass is 32.2. The van der Waals surface area contributed by atoms with E-state index in [4.69, 9.17) is 0 Å². The van der Waals surface area contributed by atoms with Crippen molar-refractivity contribution in [1.29, 1.82) is 0 Å². The third kappa shape index (κ3) is 3.73. The van der Waals surface area contributed by atoms with E-state index in [-0.39, 0.29) is 6.04 Å². The van der Waals surface area contributed by atoms with Crippen LogP contribution >= 0.6 is 0 Å². The normalized spacial score (nSPS) is 18.2. The lowest BCUT2D eigenvalue weighted by atomic mass is 10.1. The van der Waals surface area contributed by atoms with Gasteiger partial charge in [-0.15, -0.1) is 0 Å². The lowest BCUT2D eigenvalue weighted by Gasteiger charge is -2.35. The van der Waals surface area contributed by atoms with Crippen LogP contribution in [0.15, 0.2) is 53.4 Å². The third-order valence-electron chi connectivity index (χ3n) is 4.79. The molecule has 0 saturated carbocycles. The average molecular weight is 367 g/mol. The maximum atomic E-state index is 13.9. The summed E-state index contributed by atoms with van der Waals surface area (Å²) in [5, 5.41) is 0. The zero-order chi connectivity index (χ0) is 18.0. The fraction of sp³-hybridized carbons (Fsp3) is 0.333. The number of benzene rings is 2. The molecule has 1 aliphatic heterocycles. The zero-order valence-corrected chi connectivity index (χ0v) is 14.8. The molecule has 0 aromatic heterocycles. The summed E-state index contributed by atoms with van der Waals surface area (Å²) < 4.78 is 53.4. The minimum Gasteiger partial charge on any atom is -0.327 e. The van der Waals surface area contributed by atoms with Gasteiger partial charge in [-0.1, -0.05) is 30.3 Å². The second-order valence-corrected chi connectivity index (χ2v) is 8.18. The smallest absolute Gasteiger partial charge is 0.246 e. The largest absolute Gasteiger partial charge is 0.327 e. The molecule has 1 saturated heterocycles. The Morgan fingerprint density at radius 3 is 2.28 bits per heavy atom. The van der Waals surface area contributed by atoms with Gasteiger partial charge in [-0.3, -0.25) is 0 Å². The van der Waals surface area contributed by atoms with Gasteiger partial charge in [0.1, 0.15) is 22.6 Å². The van der Waals surface area contributed by atoms with Crippen LogP contribution < -0.4 is 4.90 Å². The first-order valence-electron chi connectivity index (χ1n) is 8.24. The van der Waals surface area contributed by atoms with Crippen molar-refractivity contribution in [3.8, 4) is 0 Å². The first-order chi connectivity index (χ1) is 11.9. The van der Waals surface area contributed by atoms with Gasteiger partial charge < -0.3 is 4.90 Å². The van der Waals surface area contributed by atoms with E-state index in [1.54, 1.807) is 0 Å². The van der Waals surface area contributed by atoms with Gasteiger partial charge in [-0.05, 0) is 19.1 Å². The number of hydrogen-bond acceptors (Lipinski definition) is 2. The van der Waals surface area contributed by atoms with Gasteiger partial charge in [0.15, 0.2) is 0 Å². The molecular formula is C18H21F2N2O2S+. The molecule has 134 valence electrons. The van der Waals surface area contributed by atoms with Crippen LogP contribution in [0.1, 0.15) is 18.5 Å². The number of halogens is 2. The van der Waals surface area contributed by atoms with Gasteiger partial charge in [0.25, 0.3) is 0 Å². The topological polar surface area (TPSA) is 41.8 Å². The zero-order valence-electron chi connectivity index (χ0n) is 14.0.